The molecule has 2 aromatic rings. The maximum atomic E-state index is 12.0. The number of furan rings is 1. The van der Waals surface area contributed by atoms with E-state index in [9.17, 15) is 9.90 Å². The minimum absolute atomic E-state index is 0.0812. The fourth-order valence-corrected chi connectivity index (χ4v) is 3.47. The van der Waals surface area contributed by atoms with Crippen LogP contribution in [0.2, 0.25) is 0 Å². The number of rotatable bonds is 4. The topological polar surface area (TPSA) is 74.9 Å². The van der Waals surface area contributed by atoms with Crippen LogP contribution in [0.1, 0.15) is 51.0 Å². The lowest BCUT2D eigenvalue weighted by atomic mass is 9.97. The van der Waals surface area contributed by atoms with E-state index in [0.29, 0.717) is 0 Å². The number of phenols is 1. The van der Waals surface area contributed by atoms with Crippen molar-refractivity contribution >= 4 is 6.09 Å². The third kappa shape index (κ3) is 5.04. The normalized spacial score (nSPS) is 17.4. The first-order valence-corrected chi connectivity index (χ1v) is 9.38. The molecule has 1 fully saturated rings. The van der Waals surface area contributed by atoms with Gasteiger partial charge in [0.15, 0.2) is 0 Å². The Morgan fingerprint density at radius 3 is 2.52 bits per heavy atom. The molecule has 2 N–H and O–H groups in total. The summed E-state index contributed by atoms with van der Waals surface area (Å²) in [5.41, 5.74) is 0.325. The number of carbonyl (C=O) groups is 1. The molecule has 0 spiro atoms. The number of para-hydroxylation sites is 1. The SMILES string of the molecule is CC(C)(C)OC(=O)NC1CCN([C@@H](c2ccco2)c2ccccc2O)CC1. The summed E-state index contributed by atoms with van der Waals surface area (Å²) in [7, 11) is 0. The lowest BCUT2D eigenvalue weighted by molar-refractivity contribution is 0.0469. The summed E-state index contributed by atoms with van der Waals surface area (Å²) in [5.74, 6) is 1.06. The van der Waals surface area contributed by atoms with Crippen molar-refractivity contribution < 1.29 is 19.1 Å². The molecule has 0 bridgehead atoms. The van der Waals surface area contributed by atoms with Crippen molar-refractivity contribution in [3.8, 4) is 5.75 Å². The summed E-state index contributed by atoms with van der Waals surface area (Å²) >= 11 is 0. The van der Waals surface area contributed by atoms with Crippen LogP contribution in [-0.4, -0.2) is 40.8 Å². The number of carbonyl (C=O) groups excluding carboxylic acids is 1. The number of hydrogen-bond acceptors (Lipinski definition) is 5. The fraction of sp³-hybridized carbons (Fsp3) is 0.476. The molecule has 1 aliphatic heterocycles. The van der Waals surface area contributed by atoms with E-state index in [1.807, 2.05) is 51.1 Å². The lowest BCUT2D eigenvalue weighted by Gasteiger charge is -2.37. The van der Waals surface area contributed by atoms with Gasteiger partial charge in [-0.25, -0.2) is 4.79 Å². The van der Waals surface area contributed by atoms with Crippen molar-refractivity contribution in [1.82, 2.24) is 10.2 Å². The van der Waals surface area contributed by atoms with Gasteiger partial charge in [-0.2, -0.15) is 0 Å². The van der Waals surface area contributed by atoms with Gasteiger partial charge in [-0.15, -0.1) is 0 Å². The van der Waals surface area contributed by atoms with E-state index in [1.54, 1.807) is 12.3 Å². The van der Waals surface area contributed by atoms with E-state index in [1.165, 1.54) is 0 Å². The summed E-state index contributed by atoms with van der Waals surface area (Å²) in [4.78, 5) is 14.3. The number of likely N-dealkylation sites (tertiary alicyclic amines) is 1. The van der Waals surface area contributed by atoms with Crippen LogP contribution < -0.4 is 5.32 Å². The predicted octanol–water partition coefficient (Wildman–Crippen LogP) is 4.06. The van der Waals surface area contributed by atoms with E-state index in [2.05, 4.69) is 10.2 Å². The number of amides is 1. The molecule has 1 aliphatic rings. The number of hydrogen-bond donors (Lipinski definition) is 2. The van der Waals surface area contributed by atoms with E-state index < -0.39 is 5.60 Å². The summed E-state index contributed by atoms with van der Waals surface area (Å²) in [6, 6.07) is 11.1. The number of aromatic hydroxyl groups is 1. The minimum Gasteiger partial charge on any atom is -0.508 e. The number of benzene rings is 1. The van der Waals surface area contributed by atoms with Crippen LogP contribution in [-0.2, 0) is 4.74 Å². The summed E-state index contributed by atoms with van der Waals surface area (Å²) in [6.45, 7) is 7.13. The van der Waals surface area contributed by atoms with Crippen LogP contribution in [0.4, 0.5) is 4.79 Å². The highest BCUT2D eigenvalue weighted by Crippen LogP contribution is 2.35. The highest BCUT2D eigenvalue weighted by molar-refractivity contribution is 5.68. The Hall–Kier alpha value is -2.47. The van der Waals surface area contributed by atoms with Crippen molar-refractivity contribution in [1.29, 1.82) is 0 Å². The smallest absolute Gasteiger partial charge is 0.407 e. The van der Waals surface area contributed by atoms with E-state index in [4.69, 9.17) is 9.15 Å². The zero-order chi connectivity index (χ0) is 19.4. The molecule has 1 aromatic carbocycles. The molecule has 0 saturated carbocycles. The first kappa shape index (κ1) is 19.3. The maximum absolute atomic E-state index is 12.0. The highest BCUT2D eigenvalue weighted by Gasteiger charge is 2.31. The molecule has 27 heavy (non-hydrogen) atoms. The van der Waals surface area contributed by atoms with Crippen LogP contribution in [0.3, 0.4) is 0 Å². The number of nitrogens with zero attached hydrogens (tertiary/aromatic N) is 1. The van der Waals surface area contributed by atoms with Gasteiger partial charge >= 0.3 is 6.09 Å². The molecule has 0 aliphatic carbocycles. The molecule has 3 rings (SSSR count). The Labute approximate surface area is 160 Å². The first-order valence-electron chi connectivity index (χ1n) is 9.38. The van der Waals surface area contributed by atoms with Gasteiger partial charge in [-0.1, -0.05) is 18.2 Å². The standard InChI is InChI=1S/C21H28N2O4/c1-21(2,3)27-20(25)22-15-10-12-23(13-11-15)19(18-9-6-14-26-18)16-7-4-5-8-17(16)24/h4-9,14-15,19,24H,10-13H2,1-3H3,(H,22,25)/t19-/m1/s1. The van der Waals surface area contributed by atoms with E-state index >= 15 is 0 Å². The molecule has 6 heteroatoms. The van der Waals surface area contributed by atoms with Crippen LogP contribution in [0.15, 0.2) is 47.1 Å². The van der Waals surface area contributed by atoms with Crippen LogP contribution in [0.5, 0.6) is 5.75 Å². The van der Waals surface area contributed by atoms with Crippen molar-refractivity contribution in [2.24, 2.45) is 0 Å². The van der Waals surface area contributed by atoms with Crippen LogP contribution >= 0.6 is 0 Å². The average molecular weight is 372 g/mol. The molecular weight excluding hydrogens is 344 g/mol. The van der Waals surface area contributed by atoms with Crippen molar-refractivity contribution in [2.75, 3.05) is 13.1 Å². The Morgan fingerprint density at radius 2 is 1.93 bits per heavy atom. The molecule has 1 amide bonds. The number of phenolic OH excluding ortho intramolecular Hbond substituents is 1. The molecule has 0 radical (unpaired) electrons. The van der Waals surface area contributed by atoms with Gasteiger partial charge in [-0.05, 0) is 51.8 Å². The van der Waals surface area contributed by atoms with E-state index in [0.717, 1.165) is 37.3 Å². The molecule has 2 heterocycles. The van der Waals surface area contributed by atoms with Crippen LogP contribution in [0.25, 0.3) is 0 Å². The van der Waals surface area contributed by atoms with Crippen LogP contribution in [0, 0.1) is 0 Å². The van der Waals surface area contributed by atoms with Gasteiger partial charge in [0.25, 0.3) is 0 Å². The minimum atomic E-state index is -0.500. The van der Waals surface area contributed by atoms with Gasteiger partial charge in [0.05, 0.1) is 12.3 Å². The highest BCUT2D eigenvalue weighted by atomic mass is 16.6. The first-order chi connectivity index (χ1) is 12.8. The molecule has 1 aromatic heterocycles. The second-order valence-corrected chi connectivity index (χ2v) is 7.93. The third-order valence-electron chi connectivity index (χ3n) is 4.66. The zero-order valence-corrected chi connectivity index (χ0v) is 16.1. The Kier molecular flexibility index (Phi) is 5.75. The average Bonchev–Trinajstić information content (AvgIpc) is 3.11. The monoisotopic (exact) mass is 372 g/mol. The van der Waals surface area contributed by atoms with Crippen molar-refractivity contribution in [3.63, 3.8) is 0 Å². The summed E-state index contributed by atoms with van der Waals surface area (Å²) in [6.07, 6.45) is 2.90. The molecule has 0 unspecified atom stereocenters. The van der Waals surface area contributed by atoms with Gasteiger partial charge in [0.2, 0.25) is 0 Å². The lowest BCUT2D eigenvalue weighted by Crippen LogP contribution is -2.47. The van der Waals surface area contributed by atoms with Crippen molar-refractivity contribution in [2.45, 2.75) is 51.3 Å². The largest absolute Gasteiger partial charge is 0.508 e. The number of ether oxygens (including phenoxy) is 1. The molecule has 1 saturated heterocycles. The van der Waals surface area contributed by atoms with Gasteiger partial charge in [-0.3, -0.25) is 4.90 Å². The Bertz CT molecular complexity index is 744. The second kappa shape index (κ2) is 8.05. The van der Waals surface area contributed by atoms with Gasteiger partial charge in [0.1, 0.15) is 17.1 Å². The molecule has 6 nitrogen and oxygen atoms in total. The zero-order valence-electron chi connectivity index (χ0n) is 16.1. The maximum Gasteiger partial charge on any atom is 0.407 e. The summed E-state index contributed by atoms with van der Waals surface area (Å²) < 4.78 is 11.0. The molecule has 1 atom stereocenters. The Balaban J connectivity index is 1.67. The van der Waals surface area contributed by atoms with Gasteiger partial charge in [0, 0.05) is 24.7 Å². The van der Waals surface area contributed by atoms with Crippen molar-refractivity contribution in [3.05, 3.63) is 54.0 Å². The fourth-order valence-electron chi connectivity index (χ4n) is 3.47. The summed E-state index contributed by atoms with van der Waals surface area (Å²) in [5, 5.41) is 13.3. The number of alkyl carbamates (subject to hydrolysis) is 1. The van der Waals surface area contributed by atoms with Gasteiger partial charge < -0.3 is 19.6 Å². The molecular formula is C21H28N2O4. The number of nitrogens with one attached hydrogen (secondary N) is 1. The molecule has 146 valence electrons. The number of piperidine rings is 1. The predicted molar refractivity (Wildman–Crippen MR) is 103 cm³/mol. The Morgan fingerprint density at radius 1 is 1.22 bits per heavy atom. The quantitative estimate of drug-likeness (QED) is 0.846. The second-order valence-electron chi connectivity index (χ2n) is 7.93. The van der Waals surface area contributed by atoms with E-state index in [-0.39, 0.29) is 23.9 Å². The third-order valence-corrected chi connectivity index (χ3v) is 4.66.